The van der Waals surface area contributed by atoms with Crippen LogP contribution in [0.2, 0.25) is 0 Å². The van der Waals surface area contributed by atoms with Gasteiger partial charge in [0.05, 0.1) is 19.1 Å². The van der Waals surface area contributed by atoms with Crippen LogP contribution < -0.4 is 4.74 Å². The average molecular weight is 538 g/mol. The van der Waals surface area contributed by atoms with E-state index in [1.54, 1.807) is 18.5 Å². The van der Waals surface area contributed by atoms with Crippen LogP contribution in [-0.2, 0) is 22.4 Å². The number of amides is 1. The predicted molar refractivity (Wildman–Crippen MR) is 150 cm³/mol. The van der Waals surface area contributed by atoms with Gasteiger partial charge in [0.25, 0.3) is 0 Å². The van der Waals surface area contributed by atoms with Gasteiger partial charge in [-0.15, -0.1) is 0 Å². The van der Waals surface area contributed by atoms with E-state index in [0.717, 1.165) is 55.6 Å². The molecule has 9 heteroatoms. The number of carboxylic acids is 1. The Labute approximate surface area is 232 Å². The number of rotatable bonds is 14. The number of aromatic nitrogens is 2. The molecule has 0 bridgehead atoms. The fourth-order valence-electron chi connectivity index (χ4n) is 5.93. The summed E-state index contributed by atoms with van der Waals surface area (Å²) in [5, 5.41) is 10.5. The Kier molecular flexibility index (Phi) is 10.3. The lowest BCUT2D eigenvalue weighted by molar-refractivity contribution is -0.143. The number of hydrogen-bond acceptors (Lipinski definition) is 7. The number of carbonyl (C=O) groups excluding carboxylic acids is 1. The van der Waals surface area contributed by atoms with Crippen molar-refractivity contribution in [3.8, 4) is 5.75 Å². The van der Waals surface area contributed by atoms with E-state index in [9.17, 15) is 14.7 Å². The topological polar surface area (TPSA) is 99.1 Å². The van der Waals surface area contributed by atoms with Crippen LogP contribution in [0.25, 0.3) is 0 Å². The largest absolute Gasteiger partial charge is 0.493 e. The van der Waals surface area contributed by atoms with Crippen LogP contribution in [-0.4, -0.2) is 101 Å². The lowest BCUT2D eigenvalue weighted by Gasteiger charge is -2.30. The Morgan fingerprint density at radius 1 is 1.13 bits per heavy atom. The maximum absolute atomic E-state index is 13.7. The van der Waals surface area contributed by atoms with Gasteiger partial charge in [0, 0.05) is 56.8 Å². The number of fused-ring (bicyclic) bond motifs is 1. The summed E-state index contributed by atoms with van der Waals surface area (Å²) in [4.78, 5) is 41.3. The van der Waals surface area contributed by atoms with Crippen molar-refractivity contribution < 1.29 is 19.4 Å². The van der Waals surface area contributed by atoms with Crippen molar-refractivity contribution in [2.45, 2.75) is 57.4 Å². The first-order chi connectivity index (χ1) is 18.9. The number of aliphatic carboxylic acids is 1. The molecule has 2 aliphatic rings. The van der Waals surface area contributed by atoms with E-state index < -0.39 is 11.9 Å². The van der Waals surface area contributed by atoms with Crippen LogP contribution in [0.3, 0.4) is 0 Å². The Morgan fingerprint density at radius 2 is 1.90 bits per heavy atom. The van der Waals surface area contributed by atoms with Crippen LogP contribution in [0, 0.1) is 5.92 Å². The van der Waals surface area contributed by atoms with Crippen molar-refractivity contribution in [2.24, 2.45) is 5.92 Å². The van der Waals surface area contributed by atoms with Gasteiger partial charge in [0.1, 0.15) is 11.6 Å². The molecule has 0 spiro atoms. The summed E-state index contributed by atoms with van der Waals surface area (Å²) in [6.07, 6.45) is 8.29. The molecular formula is C30H43N5O4. The molecule has 3 atom stereocenters. The quantitative estimate of drug-likeness (QED) is 0.393. The minimum Gasteiger partial charge on any atom is -0.493 e. The van der Waals surface area contributed by atoms with Crippen molar-refractivity contribution in [1.29, 1.82) is 0 Å². The Bertz CT molecular complexity index is 1100. The lowest BCUT2D eigenvalue weighted by Crippen LogP contribution is -2.45. The molecule has 1 aromatic carbocycles. The number of carbonyl (C=O) groups is 2. The van der Waals surface area contributed by atoms with Gasteiger partial charge in [-0.1, -0.05) is 25.5 Å². The smallest absolute Gasteiger partial charge is 0.308 e. The molecule has 9 nitrogen and oxygen atoms in total. The van der Waals surface area contributed by atoms with Gasteiger partial charge < -0.3 is 19.6 Å². The summed E-state index contributed by atoms with van der Waals surface area (Å²) in [5.41, 5.74) is 2.14. The highest BCUT2D eigenvalue weighted by molar-refractivity contribution is 5.79. The normalized spacial score (nSPS) is 20.7. The highest BCUT2D eigenvalue weighted by atomic mass is 16.5. The summed E-state index contributed by atoms with van der Waals surface area (Å²) < 4.78 is 5.68. The van der Waals surface area contributed by atoms with E-state index >= 15 is 0 Å². The Morgan fingerprint density at radius 3 is 2.62 bits per heavy atom. The molecule has 0 saturated carbocycles. The highest BCUT2D eigenvalue weighted by Crippen LogP contribution is 2.41. The molecule has 1 unspecified atom stereocenters. The Balaban J connectivity index is 1.56. The maximum atomic E-state index is 13.7. The van der Waals surface area contributed by atoms with Gasteiger partial charge in [-0.2, -0.15) is 0 Å². The monoisotopic (exact) mass is 537 g/mol. The zero-order valence-electron chi connectivity index (χ0n) is 23.6. The third-order valence-electron chi connectivity index (χ3n) is 7.96. The number of aryl methyl sites for hydroxylation is 1. The second-order valence-corrected chi connectivity index (χ2v) is 11.0. The van der Waals surface area contributed by atoms with Gasteiger partial charge in [-0.3, -0.25) is 14.5 Å². The van der Waals surface area contributed by atoms with E-state index in [1.165, 1.54) is 0 Å². The first-order valence-corrected chi connectivity index (χ1v) is 14.3. The lowest BCUT2D eigenvalue weighted by atomic mass is 9.83. The zero-order valence-corrected chi connectivity index (χ0v) is 23.6. The summed E-state index contributed by atoms with van der Waals surface area (Å²) in [6, 6.07) is 7.57. The molecular weight excluding hydrogens is 494 g/mol. The van der Waals surface area contributed by atoms with Gasteiger partial charge >= 0.3 is 5.97 Å². The van der Waals surface area contributed by atoms with E-state index in [2.05, 4.69) is 32.8 Å². The standard InChI is InChI=1S/C30H43N5O4/c1-4-5-16-34(17-7-15-33(2)3)28(36)21-35-20-24(22-8-10-26-23(19-22)12-18-39-26)29(30(37)38)25(35)9-11-27-31-13-6-14-32-27/h6,8,10,13-14,19,24-25,29H,4-5,7,9,11-12,15-18,20-21H2,1-3H3,(H,37,38)/t24-,25+,29?/m1/s1. The second kappa shape index (κ2) is 13.8. The van der Waals surface area contributed by atoms with Crippen molar-refractivity contribution >= 4 is 11.9 Å². The van der Waals surface area contributed by atoms with Crippen LogP contribution in [0.15, 0.2) is 36.7 Å². The van der Waals surface area contributed by atoms with Crippen molar-refractivity contribution in [3.05, 3.63) is 53.6 Å². The van der Waals surface area contributed by atoms with E-state index in [0.29, 0.717) is 38.4 Å². The molecule has 1 saturated heterocycles. The van der Waals surface area contributed by atoms with Crippen molar-refractivity contribution in [3.63, 3.8) is 0 Å². The third kappa shape index (κ3) is 7.54. The van der Waals surface area contributed by atoms with Crippen LogP contribution in [0.4, 0.5) is 0 Å². The molecule has 1 amide bonds. The number of benzene rings is 1. The molecule has 2 aromatic rings. The van der Waals surface area contributed by atoms with E-state index in [1.807, 2.05) is 31.1 Å². The van der Waals surface area contributed by atoms with Gasteiger partial charge in [0.2, 0.25) is 5.91 Å². The van der Waals surface area contributed by atoms with E-state index in [4.69, 9.17) is 4.74 Å². The number of ether oxygens (including phenoxy) is 1. The number of likely N-dealkylation sites (tertiary alicyclic amines) is 1. The zero-order chi connectivity index (χ0) is 27.8. The second-order valence-electron chi connectivity index (χ2n) is 11.0. The van der Waals surface area contributed by atoms with Crippen molar-refractivity contribution in [1.82, 2.24) is 24.7 Å². The fourth-order valence-corrected chi connectivity index (χ4v) is 5.93. The SMILES string of the molecule is CCCCN(CCCN(C)C)C(=O)CN1C[C@H](c2ccc3c(c2)CCO3)C(C(=O)O)[C@@H]1CCc1ncccn1. The minimum atomic E-state index is -0.820. The third-order valence-corrected chi connectivity index (χ3v) is 7.96. The molecule has 0 aliphatic carbocycles. The fraction of sp³-hybridized carbons (Fsp3) is 0.600. The summed E-state index contributed by atoms with van der Waals surface area (Å²) in [6.45, 7) is 5.91. The molecule has 4 rings (SSSR count). The first kappa shape index (κ1) is 29.0. The molecule has 0 radical (unpaired) electrons. The molecule has 1 fully saturated rings. The molecule has 1 aromatic heterocycles. The number of unbranched alkanes of at least 4 members (excludes halogenated alkanes) is 1. The number of hydrogen-bond donors (Lipinski definition) is 1. The molecule has 39 heavy (non-hydrogen) atoms. The Hall–Kier alpha value is -3.04. The van der Waals surface area contributed by atoms with Crippen LogP contribution in [0.5, 0.6) is 5.75 Å². The molecule has 3 heterocycles. The van der Waals surface area contributed by atoms with Gasteiger partial charge in [-0.05, 0) is 63.2 Å². The number of carboxylic acid groups (broad SMARTS) is 1. The van der Waals surface area contributed by atoms with Gasteiger partial charge in [0.15, 0.2) is 0 Å². The molecule has 212 valence electrons. The maximum Gasteiger partial charge on any atom is 0.308 e. The van der Waals surface area contributed by atoms with Crippen molar-refractivity contribution in [2.75, 3.05) is 53.4 Å². The summed E-state index contributed by atoms with van der Waals surface area (Å²) >= 11 is 0. The minimum absolute atomic E-state index is 0.0790. The molecule has 1 N–H and O–H groups in total. The van der Waals surface area contributed by atoms with Gasteiger partial charge in [-0.25, -0.2) is 9.97 Å². The van der Waals surface area contributed by atoms with E-state index in [-0.39, 0.29) is 24.4 Å². The first-order valence-electron chi connectivity index (χ1n) is 14.3. The number of nitrogens with zero attached hydrogens (tertiary/aromatic N) is 5. The highest BCUT2D eigenvalue weighted by Gasteiger charge is 2.47. The average Bonchev–Trinajstić information content (AvgIpc) is 3.54. The van der Waals surface area contributed by atoms with Crippen LogP contribution >= 0.6 is 0 Å². The van der Waals surface area contributed by atoms with Crippen LogP contribution in [0.1, 0.15) is 55.5 Å². The summed E-state index contributed by atoms with van der Waals surface area (Å²) in [5.74, 6) is 0.00674. The summed E-state index contributed by atoms with van der Waals surface area (Å²) in [7, 11) is 4.08. The predicted octanol–water partition coefficient (Wildman–Crippen LogP) is 3.09. The molecule has 2 aliphatic heterocycles.